The van der Waals surface area contributed by atoms with Gasteiger partial charge in [0.15, 0.2) is 0 Å². The van der Waals surface area contributed by atoms with Crippen molar-refractivity contribution in [2.45, 2.75) is 26.4 Å². The van der Waals surface area contributed by atoms with Crippen molar-refractivity contribution in [1.29, 1.82) is 0 Å². The molecule has 1 aromatic carbocycles. The van der Waals surface area contributed by atoms with E-state index in [1.807, 2.05) is 36.4 Å². The number of hydrogen-bond donors (Lipinski definition) is 2. The molecule has 5 nitrogen and oxygen atoms in total. The first-order valence-corrected chi connectivity index (χ1v) is 8.49. The molecule has 3 rings (SSSR count). The van der Waals surface area contributed by atoms with Gasteiger partial charge in [-0.15, -0.1) is 0 Å². The Morgan fingerprint density at radius 1 is 1.40 bits per heavy atom. The molecule has 0 aliphatic carbocycles. The number of aliphatic hydroxyl groups is 1. The van der Waals surface area contributed by atoms with Gasteiger partial charge in [-0.2, -0.15) is 0 Å². The third-order valence-electron chi connectivity index (χ3n) is 5.03. The summed E-state index contributed by atoms with van der Waals surface area (Å²) in [7, 11) is 0. The molecule has 2 aromatic rings. The van der Waals surface area contributed by atoms with Gasteiger partial charge in [0, 0.05) is 17.9 Å². The number of aliphatic hydroxyl groups excluding tert-OH is 1. The van der Waals surface area contributed by atoms with E-state index in [4.69, 9.17) is 4.74 Å². The van der Waals surface area contributed by atoms with Gasteiger partial charge in [-0.25, -0.2) is 0 Å². The van der Waals surface area contributed by atoms with Crippen molar-refractivity contribution < 1.29 is 19.7 Å². The van der Waals surface area contributed by atoms with E-state index in [-0.39, 0.29) is 5.92 Å². The number of hydrogen-bond acceptors (Lipinski definition) is 4. The molecule has 25 heavy (non-hydrogen) atoms. The Morgan fingerprint density at radius 2 is 2.16 bits per heavy atom. The number of fused-ring (bicyclic) bond motifs is 1. The Kier molecular flexibility index (Phi) is 4.88. The predicted molar refractivity (Wildman–Crippen MR) is 96.1 cm³/mol. The van der Waals surface area contributed by atoms with Crippen molar-refractivity contribution in [3.05, 3.63) is 47.7 Å². The van der Waals surface area contributed by atoms with Crippen LogP contribution >= 0.6 is 0 Å². The lowest BCUT2D eigenvalue weighted by atomic mass is 9.76. The maximum absolute atomic E-state index is 11.8. The summed E-state index contributed by atoms with van der Waals surface area (Å²) in [6.07, 6.45) is 3.72. The molecule has 0 bridgehead atoms. The normalized spacial score (nSPS) is 21.5. The number of aliphatic carboxylic acids is 1. The Morgan fingerprint density at radius 3 is 2.80 bits per heavy atom. The second-order valence-electron chi connectivity index (χ2n) is 6.85. The Balaban J connectivity index is 1.92. The highest BCUT2D eigenvalue weighted by molar-refractivity contribution is 5.82. The second-order valence-corrected chi connectivity index (χ2v) is 6.85. The molecule has 3 unspecified atom stereocenters. The van der Waals surface area contributed by atoms with Crippen LogP contribution in [-0.2, 0) is 9.53 Å². The molecule has 1 saturated heterocycles. The molecule has 0 amide bonds. The maximum atomic E-state index is 11.8. The van der Waals surface area contributed by atoms with E-state index in [1.165, 1.54) is 0 Å². The van der Waals surface area contributed by atoms with Gasteiger partial charge in [0.25, 0.3) is 0 Å². The number of ether oxygens (including phenoxy) is 1. The highest BCUT2D eigenvalue weighted by atomic mass is 16.5. The number of carbonyl (C=O) groups is 1. The predicted octanol–water partition coefficient (Wildman–Crippen LogP) is 3.43. The lowest BCUT2D eigenvalue weighted by Crippen LogP contribution is -2.34. The number of rotatable bonds is 5. The van der Waals surface area contributed by atoms with Crippen LogP contribution in [-0.4, -0.2) is 34.4 Å². The van der Waals surface area contributed by atoms with Gasteiger partial charge in [0.2, 0.25) is 0 Å². The quantitative estimate of drug-likeness (QED) is 0.871. The lowest BCUT2D eigenvalue weighted by Gasteiger charge is -2.26. The third kappa shape index (κ3) is 3.57. The van der Waals surface area contributed by atoms with Gasteiger partial charge in [0.1, 0.15) is 0 Å². The fraction of sp³-hybridized carbons (Fsp3) is 0.400. The number of pyridine rings is 1. The molecule has 2 N–H and O–H groups in total. The average Bonchev–Trinajstić information content (AvgIpc) is 3.13. The minimum Gasteiger partial charge on any atom is -0.481 e. The molecule has 0 saturated carbocycles. The smallest absolute Gasteiger partial charge is 0.313 e. The van der Waals surface area contributed by atoms with Crippen molar-refractivity contribution in [2.24, 2.45) is 11.3 Å². The van der Waals surface area contributed by atoms with Crippen LogP contribution in [0.25, 0.3) is 17.0 Å². The molecule has 3 atom stereocenters. The van der Waals surface area contributed by atoms with Crippen molar-refractivity contribution in [1.82, 2.24) is 4.98 Å². The summed E-state index contributed by atoms with van der Waals surface area (Å²) in [6.45, 7) is 4.52. The number of carboxylic acid groups (broad SMARTS) is 1. The Labute approximate surface area is 147 Å². The van der Waals surface area contributed by atoms with Crippen molar-refractivity contribution in [2.75, 3.05) is 13.2 Å². The van der Waals surface area contributed by atoms with Gasteiger partial charge in [-0.05, 0) is 38.0 Å². The fourth-order valence-corrected chi connectivity index (χ4v) is 3.15. The Hall–Kier alpha value is -2.24. The van der Waals surface area contributed by atoms with Gasteiger partial charge >= 0.3 is 5.97 Å². The maximum Gasteiger partial charge on any atom is 0.313 e. The fourth-order valence-electron chi connectivity index (χ4n) is 3.15. The zero-order valence-electron chi connectivity index (χ0n) is 14.5. The van der Waals surface area contributed by atoms with Gasteiger partial charge in [0.05, 0.1) is 29.3 Å². The molecule has 1 aromatic heterocycles. The Bertz CT molecular complexity index is 808. The first kappa shape index (κ1) is 17.6. The molecular weight excluding hydrogens is 318 g/mol. The lowest BCUT2D eigenvalue weighted by molar-refractivity contribution is -0.147. The van der Waals surface area contributed by atoms with E-state index in [1.54, 1.807) is 19.9 Å². The van der Waals surface area contributed by atoms with E-state index in [0.717, 1.165) is 22.9 Å². The highest BCUT2D eigenvalue weighted by Gasteiger charge is 2.41. The molecule has 1 fully saturated rings. The van der Waals surface area contributed by atoms with E-state index >= 15 is 0 Å². The first-order valence-electron chi connectivity index (χ1n) is 8.49. The zero-order chi connectivity index (χ0) is 18.0. The van der Waals surface area contributed by atoms with Crippen LogP contribution in [0.15, 0.2) is 36.4 Å². The summed E-state index contributed by atoms with van der Waals surface area (Å²) in [5.74, 6) is -0.865. The number of carboxylic acids is 1. The third-order valence-corrected chi connectivity index (χ3v) is 5.03. The van der Waals surface area contributed by atoms with Crippen LogP contribution in [0.2, 0.25) is 0 Å². The molecule has 132 valence electrons. The zero-order valence-corrected chi connectivity index (χ0v) is 14.5. The largest absolute Gasteiger partial charge is 0.481 e. The highest BCUT2D eigenvalue weighted by Crippen LogP contribution is 2.36. The van der Waals surface area contributed by atoms with Crippen LogP contribution in [0.3, 0.4) is 0 Å². The SMILES string of the molecule is CC(O)c1ccc2ccc(C=CC(C)(C(=O)O)C3CCOC3)cc2n1. The topological polar surface area (TPSA) is 79.7 Å². The summed E-state index contributed by atoms with van der Waals surface area (Å²) in [6, 6.07) is 9.53. The summed E-state index contributed by atoms with van der Waals surface area (Å²) < 4.78 is 5.37. The van der Waals surface area contributed by atoms with Gasteiger partial charge < -0.3 is 14.9 Å². The van der Waals surface area contributed by atoms with E-state index in [9.17, 15) is 15.0 Å². The monoisotopic (exact) mass is 341 g/mol. The minimum absolute atomic E-state index is 0.0262. The molecule has 2 heterocycles. The second kappa shape index (κ2) is 6.94. The van der Waals surface area contributed by atoms with Crippen molar-refractivity contribution >= 4 is 22.9 Å². The standard InChI is InChI=1S/C20H23NO4/c1-13(22)17-6-5-15-4-3-14(11-18(15)21-17)7-9-20(2,19(23)24)16-8-10-25-12-16/h3-7,9,11,13,16,22H,8,10,12H2,1-2H3,(H,23,24). The van der Waals surface area contributed by atoms with Crippen LogP contribution in [0, 0.1) is 11.3 Å². The number of aromatic nitrogens is 1. The average molecular weight is 341 g/mol. The van der Waals surface area contributed by atoms with E-state index < -0.39 is 17.5 Å². The first-order chi connectivity index (χ1) is 11.9. The van der Waals surface area contributed by atoms with E-state index in [2.05, 4.69) is 4.98 Å². The molecule has 1 aliphatic heterocycles. The number of nitrogens with zero attached hydrogens (tertiary/aromatic N) is 1. The summed E-state index contributed by atoms with van der Waals surface area (Å²) >= 11 is 0. The molecular formula is C20H23NO4. The summed E-state index contributed by atoms with van der Waals surface area (Å²) in [5, 5.41) is 20.4. The minimum atomic E-state index is -0.958. The van der Waals surface area contributed by atoms with Crippen molar-refractivity contribution in [3.63, 3.8) is 0 Å². The molecule has 1 aliphatic rings. The van der Waals surface area contributed by atoms with Crippen LogP contribution < -0.4 is 0 Å². The molecule has 5 heteroatoms. The van der Waals surface area contributed by atoms with Crippen LogP contribution in [0.5, 0.6) is 0 Å². The van der Waals surface area contributed by atoms with Crippen molar-refractivity contribution in [3.8, 4) is 0 Å². The van der Waals surface area contributed by atoms with Crippen LogP contribution in [0.1, 0.15) is 37.6 Å². The molecule has 0 radical (unpaired) electrons. The van der Waals surface area contributed by atoms with Gasteiger partial charge in [-0.3, -0.25) is 9.78 Å². The van der Waals surface area contributed by atoms with Crippen LogP contribution in [0.4, 0.5) is 0 Å². The van der Waals surface area contributed by atoms with E-state index in [0.29, 0.717) is 18.9 Å². The summed E-state index contributed by atoms with van der Waals surface area (Å²) in [4.78, 5) is 16.3. The summed E-state index contributed by atoms with van der Waals surface area (Å²) in [5.41, 5.74) is 1.32. The number of benzene rings is 1. The van der Waals surface area contributed by atoms with Gasteiger partial charge in [-0.1, -0.05) is 30.4 Å². The molecule has 0 spiro atoms.